The number of benzene rings is 2. The Morgan fingerprint density at radius 1 is 1.19 bits per heavy atom. The van der Waals surface area contributed by atoms with E-state index in [1.807, 2.05) is 30.0 Å². The molecule has 0 aromatic heterocycles. The first-order chi connectivity index (χ1) is 15.0. The number of methoxy groups -OCH3 is 1. The van der Waals surface area contributed by atoms with Crippen LogP contribution in [0.1, 0.15) is 46.0 Å². The molecule has 0 saturated carbocycles. The molecule has 31 heavy (non-hydrogen) atoms. The molecule has 2 aromatic carbocycles. The largest absolute Gasteiger partial charge is 0.493 e. The Kier molecular flexibility index (Phi) is 8.13. The summed E-state index contributed by atoms with van der Waals surface area (Å²) in [5.41, 5.74) is 2.50. The minimum atomic E-state index is -0.873. The van der Waals surface area contributed by atoms with E-state index in [4.69, 9.17) is 14.6 Å². The third-order valence-corrected chi connectivity index (χ3v) is 7.41. The summed E-state index contributed by atoms with van der Waals surface area (Å²) in [5.74, 6) is 1.39. The Labute approximate surface area is 189 Å². The number of thioether (sulfide) groups is 1. The van der Waals surface area contributed by atoms with Gasteiger partial charge in [0.15, 0.2) is 11.5 Å². The normalized spacial score (nSPS) is 18.2. The summed E-state index contributed by atoms with van der Waals surface area (Å²) in [4.78, 5) is 14.4. The van der Waals surface area contributed by atoms with Crippen molar-refractivity contribution in [1.82, 2.24) is 0 Å². The zero-order valence-electron chi connectivity index (χ0n) is 18.7. The number of hydrogen-bond donors (Lipinski definition) is 1. The number of rotatable bonds is 10. The van der Waals surface area contributed by atoms with Crippen LogP contribution in [0.15, 0.2) is 47.4 Å². The van der Waals surface area contributed by atoms with E-state index in [0.29, 0.717) is 11.5 Å². The van der Waals surface area contributed by atoms with Crippen molar-refractivity contribution >= 4 is 29.1 Å². The molecule has 1 atom stereocenters. The van der Waals surface area contributed by atoms with Crippen LogP contribution in [0.3, 0.4) is 0 Å². The molecule has 2 aromatic rings. The van der Waals surface area contributed by atoms with E-state index < -0.39 is 5.97 Å². The first-order valence-corrected chi connectivity index (χ1v) is 12.0. The summed E-state index contributed by atoms with van der Waals surface area (Å²) in [5, 5.41) is 8.94. The van der Waals surface area contributed by atoms with Crippen LogP contribution < -0.4 is 14.4 Å². The van der Waals surface area contributed by atoms with Crippen LogP contribution in [-0.4, -0.2) is 37.1 Å². The fraction of sp³-hybridized carbons (Fsp3) is 0.480. The Hall–Kier alpha value is -2.34. The van der Waals surface area contributed by atoms with E-state index in [-0.39, 0.29) is 18.4 Å². The number of para-hydroxylation sites is 1. The second-order valence-electron chi connectivity index (χ2n) is 8.13. The first-order valence-electron chi connectivity index (χ1n) is 11.0. The van der Waals surface area contributed by atoms with E-state index >= 15 is 0 Å². The lowest BCUT2D eigenvalue weighted by Gasteiger charge is -2.36. The smallest absolute Gasteiger partial charge is 0.306 e. The minimum Gasteiger partial charge on any atom is -0.493 e. The van der Waals surface area contributed by atoms with Crippen molar-refractivity contribution in [2.45, 2.75) is 50.8 Å². The van der Waals surface area contributed by atoms with E-state index in [2.05, 4.69) is 43.0 Å². The highest BCUT2D eigenvalue weighted by Crippen LogP contribution is 2.49. The summed E-state index contributed by atoms with van der Waals surface area (Å²) in [6.45, 7) is 5.63. The van der Waals surface area contributed by atoms with Crippen molar-refractivity contribution < 1.29 is 19.4 Å². The highest BCUT2D eigenvalue weighted by atomic mass is 32.2. The van der Waals surface area contributed by atoms with Crippen LogP contribution in [0.25, 0.3) is 0 Å². The number of ether oxygens (including phenoxy) is 2. The van der Waals surface area contributed by atoms with Crippen LogP contribution >= 0.6 is 11.8 Å². The molecule has 1 heterocycles. The molecule has 5 nitrogen and oxygen atoms in total. The van der Waals surface area contributed by atoms with Gasteiger partial charge in [-0.25, -0.2) is 0 Å². The van der Waals surface area contributed by atoms with Gasteiger partial charge < -0.3 is 19.5 Å². The molecular weight excluding hydrogens is 410 g/mol. The number of anilines is 2. The third-order valence-electron chi connectivity index (χ3n) is 6.02. The first kappa shape index (κ1) is 23.3. The van der Waals surface area contributed by atoms with Gasteiger partial charge in [0.2, 0.25) is 0 Å². The molecule has 0 amide bonds. The molecule has 0 radical (unpaired) electrons. The van der Waals surface area contributed by atoms with Crippen LogP contribution in [0.4, 0.5) is 11.4 Å². The van der Waals surface area contributed by atoms with Gasteiger partial charge in [-0.15, -0.1) is 11.8 Å². The Bertz CT molecular complexity index is 873. The Morgan fingerprint density at radius 3 is 2.61 bits per heavy atom. The Morgan fingerprint density at radius 2 is 1.97 bits per heavy atom. The zero-order valence-corrected chi connectivity index (χ0v) is 19.5. The summed E-state index contributed by atoms with van der Waals surface area (Å²) < 4.78 is 11.4. The van der Waals surface area contributed by atoms with Crippen molar-refractivity contribution in [2.24, 2.45) is 5.41 Å². The second kappa shape index (κ2) is 10.8. The molecule has 1 N–H and O–H groups in total. The lowest BCUT2D eigenvalue weighted by atomic mass is 9.81. The van der Waals surface area contributed by atoms with E-state index in [1.165, 1.54) is 24.9 Å². The predicted molar refractivity (Wildman–Crippen MR) is 127 cm³/mol. The van der Waals surface area contributed by atoms with Gasteiger partial charge in [0.05, 0.1) is 25.8 Å². The number of carboxylic acid groups (broad SMARTS) is 1. The zero-order chi connectivity index (χ0) is 22.3. The van der Waals surface area contributed by atoms with E-state index in [1.54, 1.807) is 7.11 Å². The molecule has 168 valence electrons. The van der Waals surface area contributed by atoms with Gasteiger partial charge in [-0.1, -0.05) is 44.9 Å². The highest BCUT2D eigenvalue weighted by Gasteiger charge is 2.35. The van der Waals surface area contributed by atoms with Gasteiger partial charge in [0.1, 0.15) is 0 Å². The van der Waals surface area contributed by atoms with Crippen LogP contribution in [0.5, 0.6) is 11.5 Å². The summed E-state index contributed by atoms with van der Waals surface area (Å²) >= 11 is 1.87. The third kappa shape index (κ3) is 5.67. The number of unbranched alkanes of at least 4 members (excludes halogenated alkanes) is 1. The fourth-order valence-corrected chi connectivity index (χ4v) is 5.42. The topological polar surface area (TPSA) is 59.0 Å². The SMILES string of the molecule is CCCCC1(CC)CSc2cc(OCCC(=O)O)c(OC)cc2N(c2ccccc2)C1. The van der Waals surface area contributed by atoms with Crippen LogP contribution in [0.2, 0.25) is 0 Å². The van der Waals surface area contributed by atoms with Crippen LogP contribution in [-0.2, 0) is 4.79 Å². The lowest BCUT2D eigenvalue weighted by Crippen LogP contribution is -2.35. The highest BCUT2D eigenvalue weighted by molar-refractivity contribution is 7.99. The molecule has 0 bridgehead atoms. The molecule has 0 saturated heterocycles. The number of carbonyl (C=O) groups is 1. The van der Waals surface area contributed by atoms with Gasteiger partial charge in [-0.05, 0) is 36.5 Å². The molecule has 1 aliphatic rings. The average Bonchev–Trinajstić information content (AvgIpc) is 2.95. The van der Waals surface area contributed by atoms with E-state index in [9.17, 15) is 4.79 Å². The van der Waals surface area contributed by atoms with Gasteiger partial charge in [0, 0.05) is 28.9 Å². The van der Waals surface area contributed by atoms with Crippen molar-refractivity contribution in [2.75, 3.05) is 30.9 Å². The fourth-order valence-electron chi connectivity index (χ4n) is 4.01. The molecule has 0 fully saturated rings. The second-order valence-corrected chi connectivity index (χ2v) is 9.15. The number of fused-ring (bicyclic) bond motifs is 1. The average molecular weight is 444 g/mol. The molecule has 3 rings (SSSR count). The molecule has 1 aliphatic heterocycles. The summed E-state index contributed by atoms with van der Waals surface area (Å²) in [6, 6.07) is 14.6. The lowest BCUT2D eigenvalue weighted by molar-refractivity contribution is -0.137. The quantitative estimate of drug-likeness (QED) is 0.460. The maximum Gasteiger partial charge on any atom is 0.306 e. The maximum atomic E-state index is 10.9. The summed E-state index contributed by atoms with van der Waals surface area (Å²) in [7, 11) is 1.63. The standard InChI is InChI=1S/C25H33NO4S/c1-4-6-13-25(5-2)17-26(19-10-8-7-9-11-19)20-15-21(29-3)22(16-23(20)31-18-25)30-14-12-24(27)28/h7-11,15-16H,4-6,12-14,17-18H2,1-3H3,(H,27,28). The molecule has 6 heteroatoms. The number of nitrogens with zero attached hydrogens (tertiary/aromatic N) is 1. The number of carboxylic acids is 1. The van der Waals surface area contributed by atoms with Gasteiger partial charge in [-0.2, -0.15) is 0 Å². The van der Waals surface area contributed by atoms with Crippen molar-refractivity contribution in [1.29, 1.82) is 0 Å². The van der Waals surface area contributed by atoms with Crippen molar-refractivity contribution in [3.63, 3.8) is 0 Å². The number of hydrogen-bond acceptors (Lipinski definition) is 5. The predicted octanol–water partition coefficient (Wildman–Crippen LogP) is 6.38. The maximum absolute atomic E-state index is 10.9. The molecule has 0 aliphatic carbocycles. The summed E-state index contributed by atoms with van der Waals surface area (Å²) in [6.07, 6.45) is 4.69. The van der Waals surface area contributed by atoms with E-state index in [0.717, 1.165) is 29.3 Å². The minimum absolute atomic E-state index is 0.0422. The van der Waals surface area contributed by atoms with Gasteiger partial charge >= 0.3 is 5.97 Å². The molecule has 1 unspecified atom stereocenters. The van der Waals surface area contributed by atoms with Crippen molar-refractivity contribution in [3.8, 4) is 11.5 Å². The molecule has 0 spiro atoms. The molecular formula is C25H33NO4S. The Balaban J connectivity index is 2.03. The van der Waals surface area contributed by atoms with Gasteiger partial charge in [-0.3, -0.25) is 4.79 Å². The van der Waals surface area contributed by atoms with Crippen molar-refractivity contribution in [3.05, 3.63) is 42.5 Å². The monoisotopic (exact) mass is 443 g/mol. The van der Waals surface area contributed by atoms with Crippen LogP contribution in [0, 0.1) is 5.41 Å². The number of aliphatic carboxylic acids is 1. The van der Waals surface area contributed by atoms with Gasteiger partial charge in [0.25, 0.3) is 0 Å².